The highest BCUT2D eigenvalue weighted by atomic mass is 16.3. The number of aliphatic hydroxyl groups is 1. The molecule has 128 valence electrons. The molecule has 2 saturated heterocycles. The van der Waals surface area contributed by atoms with Crippen molar-refractivity contribution in [3.63, 3.8) is 0 Å². The van der Waals surface area contributed by atoms with E-state index in [0.717, 1.165) is 71.0 Å². The lowest BCUT2D eigenvalue weighted by Crippen LogP contribution is -2.41. The van der Waals surface area contributed by atoms with E-state index in [0.29, 0.717) is 5.41 Å². The molecular formula is C17H34N4O. The molecule has 2 aliphatic heterocycles. The van der Waals surface area contributed by atoms with E-state index in [-0.39, 0.29) is 6.10 Å². The number of rotatable bonds is 5. The predicted octanol–water partition coefficient (Wildman–Crippen LogP) is 1.53. The average molecular weight is 310 g/mol. The summed E-state index contributed by atoms with van der Waals surface area (Å²) in [4.78, 5) is 9.67. The largest absolute Gasteiger partial charge is 0.393 e. The minimum absolute atomic E-state index is 0.0758. The molecule has 0 amide bonds. The van der Waals surface area contributed by atoms with E-state index in [1.807, 2.05) is 0 Å². The van der Waals surface area contributed by atoms with Crippen molar-refractivity contribution in [3.05, 3.63) is 0 Å². The SMILES string of the molecule is CCNC(=NCCCN1CCC(O)CC1)N1CCC(C)(C)C1. The fraction of sp³-hybridized carbons (Fsp3) is 0.941. The molecule has 5 nitrogen and oxygen atoms in total. The molecule has 0 aromatic rings. The summed E-state index contributed by atoms with van der Waals surface area (Å²) in [5, 5.41) is 13.0. The molecule has 2 N–H and O–H groups in total. The Hall–Kier alpha value is -0.810. The summed E-state index contributed by atoms with van der Waals surface area (Å²) in [7, 11) is 0. The molecule has 0 spiro atoms. The van der Waals surface area contributed by atoms with Crippen molar-refractivity contribution in [1.82, 2.24) is 15.1 Å². The Balaban J connectivity index is 1.73. The summed E-state index contributed by atoms with van der Waals surface area (Å²) in [6.07, 6.45) is 4.12. The number of nitrogens with one attached hydrogen (secondary N) is 1. The van der Waals surface area contributed by atoms with Gasteiger partial charge >= 0.3 is 0 Å². The summed E-state index contributed by atoms with van der Waals surface area (Å²) >= 11 is 0. The Morgan fingerprint density at radius 3 is 2.59 bits per heavy atom. The number of aliphatic hydroxyl groups excluding tert-OH is 1. The summed E-state index contributed by atoms with van der Waals surface area (Å²) in [5.74, 6) is 1.09. The zero-order valence-corrected chi connectivity index (χ0v) is 14.6. The minimum Gasteiger partial charge on any atom is -0.393 e. The molecule has 2 aliphatic rings. The van der Waals surface area contributed by atoms with E-state index >= 15 is 0 Å². The van der Waals surface area contributed by atoms with Crippen molar-refractivity contribution in [1.29, 1.82) is 0 Å². The third-order valence-corrected chi connectivity index (χ3v) is 4.76. The van der Waals surface area contributed by atoms with Crippen LogP contribution in [0.1, 0.15) is 46.5 Å². The summed E-state index contributed by atoms with van der Waals surface area (Å²) in [6, 6.07) is 0. The first kappa shape index (κ1) is 17.5. The molecule has 2 rings (SSSR count). The van der Waals surface area contributed by atoms with Crippen LogP contribution in [0.15, 0.2) is 4.99 Å². The maximum Gasteiger partial charge on any atom is 0.193 e. The topological polar surface area (TPSA) is 51.1 Å². The molecule has 0 saturated carbocycles. The first-order valence-electron chi connectivity index (χ1n) is 8.94. The third-order valence-electron chi connectivity index (χ3n) is 4.76. The molecule has 0 atom stereocenters. The second kappa shape index (κ2) is 8.16. The van der Waals surface area contributed by atoms with Crippen molar-refractivity contribution in [3.8, 4) is 0 Å². The number of aliphatic imine (C=N–C) groups is 1. The van der Waals surface area contributed by atoms with Gasteiger partial charge in [0.25, 0.3) is 0 Å². The Kier molecular flexibility index (Phi) is 6.50. The Morgan fingerprint density at radius 1 is 1.27 bits per heavy atom. The van der Waals surface area contributed by atoms with E-state index in [9.17, 15) is 5.11 Å². The zero-order chi connectivity index (χ0) is 16.0. The number of nitrogens with zero attached hydrogens (tertiary/aromatic N) is 3. The maximum atomic E-state index is 9.53. The lowest BCUT2D eigenvalue weighted by molar-refractivity contribution is 0.0824. The average Bonchev–Trinajstić information content (AvgIpc) is 2.84. The van der Waals surface area contributed by atoms with Crippen LogP contribution >= 0.6 is 0 Å². The van der Waals surface area contributed by atoms with Gasteiger partial charge in [-0.15, -0.1) is 0 Å². The highest BCUT2D eigenvalue weighted by Gasteiger charge is 2.30. The highest BCUT2D eigenvalue weighted by molar-refractivity contribution is 5.80. The van der Waals surface area contributed by atoms with E-state index < -0.39 is 0 Å². The van der Waals surface area contributed by atoms with Gasteiger partial charge in [-0.2, -0.15) is 0 Å². The minimum atomic E-state index is -0.0758. The van der Waals surface area contributed by atoms with Crippen LogP contribution in [0.5, 0.6) is 0 Å². The van der Waals surface area contributed by atoms with Crippen molar-refractivity contribution < 1.29 is 5.11 Å². The van der Waals surface area contributed by atoms with Gasteiger partial charge in [0.2, 0.25) is 0 Å². The van der Waals surface area contributed by atoms with Crippen LogP contribution in [0, 0.1) is 5.41 Å². The molecule has 0 unspecified atom stereocenters. The third kappa shape index (κ3) is 5.43. The Morgan fingerprint density at radius 2 is 2.00 bits per heavy atom. The van der Waals surface area contributed by atoms with E-state index in [1.54, 1.807) is 0 Å². The first-order chi connectivity index (χ1) is 10.5. The van der Waals surface area contributed by atoms with Crippen molar-refractivity contribution in [2.75, 3.05) is 45.8 Å². The molecule has 0 aromatic carbocycles. The van der Waals surface area contributed by atoms with E-state index in [2.05, 4.69) is 35.9 Å². The molecule has 0 aliphatic carbocycles. The van der Waals surface area contributed by atoms with Crippen LogP contribution in [0.3, 0.4) is 0 Å². The highest BCUT2D eigenvalue weighted by Crippen LogP contribution is 2.28. The summed E-state index contributed by atoms with van der Waals surface area (Å²) in [5.41, 5.74) is 0.408. The Labute approximate surface area is 135 Å². The number of hydrogen-bond acceptors (Lipinski definition) is 3. The first-order valence-corrected chi connectivity index (χ1v) is 8.94. The smallest absolute Gasteiger partial charge is 0.193 e. The lowest BCUT2D eigenvalue weighted by Gasteiger charge is -2.29. The number of piperidine rings is 1. The quantitative estimate of drug-likeness (QED) is 0.459. The van der Waals surface area contributed by atoms with Gasteiger partial charge in [0.15, 0.2) is 5.96 Å². The van der Waals surface area contributed by atoms with Crippen LogP contribution in [0.4, 0.5) is 0 Å². The van der Waals surface area contributed by atoms with Crippen LogP contribution in [0.25, 0.3) is 0 Å². The van der Waals surface area contributed by atoms with Gasteiger partial charge in [-0.25, -0.2) is 0 Å². The predicted molar refractivity (Wildman–Crippen MR) is 92.2 cm³/mol. The molecule has 2 fully saturated rings. The van der Waals surface area contributed by atoms with Crippen LogP contribution in [0.2, 0.25) is 0 Å². The second-order valence-electron chi connectivity index (χ2n) is 7.50. The lowest BCUT2D eigenvalue weighted by atomic mass is 9.93. The standard InChI is InChI=1S/C17H34N4O/c1-4-18-16(21-13-8-17(2,3)14-21)19-9-5-10-20-11-6-15(22)7-12-20/h15,22H,4-14H2,1-3H3,(H,18,19). The number of guanidine groups is 1. The van der Waals surface area contributed by atoms with Gasteiger partial charge in [-0.05, 0) is 44.6 Å². The molecular weight excluding hydrogens is 276 g/mol. The molecule has 5 heteroatoms. The monoisotopic (exact) mass is 310 g/mol. The molecule has 0 aromatic heterocycles. The van der Waals surface area contributed by atoms with E-state index in [4.69, 9.17) is 4.99 Å². The van der Waals surface area contributed by atoms with Gasteiger partial charge < -0.3 is 20.2 Å². The molecule has 22 heavy (non-hydrogen) atoms. The zero-order valence-electron chi connectivity index (χ0n) is 14.6. The number of likely N-dealkylation sites (tertiary alicyclic amines) is 2. The van der Waals surface area contributed by atoms with Gasteiger partial charge in [0.05, 0.1) is 6.10 Å². The van der Waals surface area contributed by atoms with Crippen LogP contribution < -0.4 is 5.32 Å². The molecule has 2 heterocycles. The number of hydrogen-bond donors (Lipinski definition) is 2. The van der Waals surface area contributed by atoms with Gasteiger partial charge in [0.1, 0.15) is 0 Å². The summed E-state index contributed by atoms with van der Waals surface area (Å²) in [6.45, 7) is 14.0. The normalized spacial score (nSPS) is 24.0. The van der Waals surface area contributed by atoms with Gasteiger partial charge in [-0.1, -0.05) is 13.8 Å². The van der Waals surface area contributed by atoms with Crippen molar-refractivity contribution in [2.24, 2.45) is 10.4 Å². The summed E-state index contributed by atoms with van der Waals surface area (Å²) < 4.78 is 0. The van der Waals surface area contributed by atoms with Crippen LogP contribution in [-0.2, 0) is 0 Å². The molecule has 0 bridgehead atoms. The van der Waals surface area contributed by atoms with Gasteiger partial charge in [0, 0.05) is 39.3 Å². The fourth-order valence-electron chi connectivity index (χ4n) is 3.34. The Bertz CT molecular complexity index is 362. The van der Waals surface area contributed by atoms with Crippen LogP contribution in [-0.4, -0.2) is 72.8 Å². The van der Waals surface area contributed by atoms with Crippen molar-refractivity contribution >= 4 is 5.96 Å². The fourth-order valence-corrected chi connectivity index (χ4v) is 3.34. The van der Waals surface area contributed by atoms with E-state index in [1.165, 1.54) is 6.42 Å². The van der Waals surface area contributed by atoms with Crippen molar-refractivity contribution in [2.45, 2.75) is 52.6 Å². The van der Waals surface area contributed by atoms with Gasteiger partial charge in [-0.3, -0.25) is 4.99 Å². The second-order valence-corrected chi connectivity index (χ2v) is 7.50. The maximum absolute atomic E-state index is 9.53. The molecule has 0 radical (unpaired) electrons.